The molecule has 3 fully saturated rings. The van der Waals surface area contributed by atoms with Crippen LogP contribution in [0.5, 0.6) is 0 Å². The Morgan fingerprint density at radius 3 is 2.66 bits per heavy atom. The van der Waals surface area contributed by atoms with Gasteiger partial charge in [0.1, 0.15) is 12.4 Å². The summed E-state index contributed by atoms with van der Waals surface area (Å²) in [5.41, 5.74) is 0. The van der Waals surface area contributed by atoms with Crippen LogP contribution in [0.3, 0.4) is 0 Å². The third-order valence-corrected chi connectivity index (χ3v) is 7.14. The number of nitrogens with zero attached hydrogens (tertiary/aromatic N) is 5. The van der Waals surface area contributed by atoms with Crippen LogP contribution in [0, 0.1) is 0 Å². The number of carbonyl (C=O) groups is 1. The van der Waals surface area contributed by atoms with Gasteiger partial charge in [0.15, 0.2) is 0 Å². The predicted octanol–water partition coefficient (Wildman–Crippen LogP) is 2.76. The zero-order chi connectivity index (χ0) is 22.2. The molecule has 3 aliphatic rings. The van der Waals surface area contributed by atoms with Crippen LogP contribution in [0.25, 0.3) is 0 Å². The molecular formula is C24H40N6O2. The fraction of sp³-hybridized carbons (Fsp3) is 0.792. The summed E-state index contributed by atoms with van der Waals surface area (Å²) >= 11 is 0. The molecule has 1 aromatic rings. The molecule has 2 unspecified atom stereocenters. The molecule has 0 radical (unpaired) electrons. The Balaban J connectivity index is 1.37. The van der Waals surface area contributed by atoms with Gasteiger partial charge in [-0.15, -0.1) is 0 Å². The van der Waals surface area contributed by atoms with Crippen LogP contribution in [0.15, 0.2) is 12.3 Å². The molecule has 1 N–H and O–H groups in total. The summed E-state index contributed by atoms with van der Waals surface area (Å²) < 4.78 is 5.07. The van der Waals surface area contributed by atoms with E-state index >= 15 is 0 Å². The molecule has 8 nitrogen and oxygen atoms in total. The van der Waals surface area contributed by atoms with Gasteiger partial charge in [0.2, 0.25) is 11.9 Å². The topological polar surface area (TPSA) is 73.8 Å². The Morgan fingerprint density at radius 1 is 1.03 bits per heavy atom. The highest BCUT2D eigenvalue weighted by atomic mass is 16.5. The number of nitrogens with one attached hydrogen (secondary N) is 1. The van der Waals surface area contributed by atoms with Crippen LogP contribution in [0.2, 0.25) is 0 Å². The standard InChI is InChI=1S/C24H40N6O2/c1-32-19-23(31)30-16-8-10-21(18-30)29-15-7-4-9-20(17-29)26-24-25-12-11-22(27-24)28-13-5-2-3-6-14-28/h11-12,20-21H,2-10,13-19H2,1H3,(H,25,26,27). The lowest BCUT2D eigenvalue weighted by molar-refractivity contribution is -0.137. The van der Waals surface area contributed by atoms with Crippen LogP contribution in [0.1, 0.15) is 57.8 Å². The maximum atomic E-state index is 12.3. The number of carbonyl (C=O) groups excluding carboxylic acids is 1. The van der Waals surface area contributed by atoms with Crippen molar-refractivity contribution in [3.8, 4) is 0 Å². The first kappa shape index (κ1) is 23.2. The highest BCUT2D eigenvalue weighted by molar-refractivity contribution is 5.77. The lowest BCUT2D eigenvalue weighted by atomic mass is 10.0. The van der Waals surface area contributed by atoms with Crippen molar-refractivity contribution >= 4 is 17.7 Å². The summed E-state index contributed by atoms with van der Waals surface area (Å²) in [7, 11) is 1.59. The van der Waals surface area contributed by atoms with Gasteiger partial charge in [-0.3, -0.25) is 9.69 Å². The summed E-state index contributed by atoms with van der Waals surface area (Å²) in [6, 6.07) is 2.81. The normalized spacial score (nSPS) is 25.8. The van der Waals surface area contributed by atoms with E-state index in [9.17, 15) is 4.79 Å². The molecule has 4 rings (SSSR count). The summed E-state index contributed by atoms with van der Waals surface area (Å²) in [5, 5.41) is 3.65. The zero-order valence-electron chi connectivity index (χ0n) is 19.7. The van der Waals surface area contributed by atoms with Crippen molar-refractivity contribution in [2.24, 2.45) is 0 Å². The Kier molecular flexibility index (Phi) is 8.56. The summed E-state index contributed by atoms with van der Waals surface area (Å²) in [5.74, 6) is 1.91. The molecule has 4 heterocycles. The maximum absolute atomic E-state index is 12.3. The number of methoxy groups -OCH3 is 1. The van der Waals surface area contributed by atoms with E-state index < -0.39 is 0 Å². The van der Waals surface area contributed by atoms with Gasteiger partial charge in [-0.1, -0.05) is 19.3 Å². The zero-order valence-corrected chi connectivity index (χ0v) is 19.7. The molecule has 178 valence electrons. The Hall–Kier alpha value is -1.93. The van der Waals surface area contributed by atoms with E-state index in [4.69, 9.17) is 9.72 Å². The minimum absolute atomic E-state index is 0.112. The SMILES string of the molecule is COCC(=O)N1CCCC(N2CCCCC(Nc3nccc(N4CCCCCC4)n3)C2)C1. The molecule has 0 aliphatic carbocycles. The summed E-state index contributed by atoms with van der Waals surface area (Å²) in [6.45, 7) is 6.11. The number of piperidine rings is 1. The molecule has 32 heavy (non-hydrogen) atoms. The van der Waals surface area contributed by atoms with E-state index in [0.29, 0.717) is 12.1 Å². The minimum Gasteiger partial charge on any atom is -0.375 e. The molecule has 0 aromatic carbocycles. The van der Waals surface area contributed by atoms with Gasteiger partial charge in [0.05, 0.1) is 0 Å². The second kappa shape index (κ2) is 11.8. The third-order valence-electron chi connectivity index (χ3n) is 7.14. The molecule has 2 atom stereocenters. The molecule has 0 bridgehead atoms. The predicted molar refractivity (Wildman–Crippen MR) is 127 cm³/mol. The number of likely N-dealkylation sites (tertiary alicyclic amines) is 2. The molecule has 1 aromatic heterocycles. The fourth-order valence-corrected chi connectivity index (χ4v) is 5.39. The van der Waals surface area contributed by atoms with Gasteiger partial charge in [-0.25, -0.2) is 4.98 Å². The van der Waals surface area contributed by atoms with Gasteiger partial charge in [0.25, 0.3) is 0 Å². The number of hydrogen-bond donors (Lipinski definition) is 1. The molecule has 1 amide bonds. The number of rotatable bonds is 6. The van der Waals surface area contributed by atoms with Crippen LogP contribution in [-0.2, 0) is 9.53 Å². The van der Waals surface area contributed by atoms with E-state index in [1.54, 1.807) is 7.11 Å². The van der Waals surface area contributed by atoms with E-state index in [-0.39, 0.29) is 12.5 Å². The second-order valence-corrected chi connectivity index (χ2v) is 9.54. The first-order chi connectivity index (χ1) is 15.7. The molecule has 0 spiro atoms. The van der Waals surface area contributed by atoms with E-state index in [0.717, 1.165) is 70.3 Å². The van der Waals surface area contributed by atoms with Gasteiger partial charge in [-0.05, 0) is 51.1 Å². The van der Waals surface area contributed by atoms with Gasteiger partial charge in [-0.2, -0.15) is 4.98 Å². The monoisotopic (exact) mass is 444 g/mol. The second-order valence-electron chi connectivity index (χ2n) is 9.54. The smallest absolute Gasteiger partial charge is 0.248 e. The first-order valence-corrected chi connectivity index (χ1v) is 12.6. The van der Waals surface area contributed by atoms with Crippen molar-refractivity contribution in [3.63, 3.8) is 0 Å². The highest BCUT2D eigenvalue weighted by Gasteiger charge is 2.30. The Morgan fingerprint density at radius 2 is 1.84 bits per heavy atom. The Labute approximate surface area is 192 Å². The van der Waals surface area contributed by atoms with Crippen LogP contribution in [0.4, 0.5) is 11.8 Å². The van der Waals surface area contributed by atoms with Crippen molar-refractivity contribution in [2.75, 3.05) is 63.2 Å². The third kappa shape index (κ3) is 6.32. The lowest BCUT2D eigenvalue weighted by Gasteiger charge is -2.40. The van der Waals surface area contributed by atoms with Gasteiger partial charge < -0.3 is 19.9 Å². The van der Waals surface area contributed by atoms with Crippen LogP contribution < -0.4 is 10.2 Å². The highest BCUT2D eigenvalue weighted by Crippen LogP contribution is 2.23. The van der Waals surface area contributed by atoms with E-state index in [1.165, 1.54) is 38.5 Å². The molecule has 0 saturated carbocycles. The number of hydrogen-bond acceptors (Lipinski definition) is 7. The van der Waals surface area contributed by atoms with Crippen LogP contribution in [-0.4, -0.2) is 90.7 Å². The number of ether oxygens (including phenoxy) is 1. The molecule has 8 heteroatoms. The summed E-state index contributed by atoms with van der Waals surface area (Å²) in [4.78, 5) is 28.7. The maximum Gasteiger partial charge on any atom is 0.248 e. The van der Waals surface area contributed by atoms with Crippen molar-refractivity contribution < 1.29 is 9.53 Å². The van der Waals surface area contributed by atoms with E-state index in [2.05, 4.69) is 20.1 Å². The largest absolute Gasteiger partial charge is 0.375 e. The van der Waals surface area contributed by atoms with Crippen LogP contribution >= 0.6 is 0 Å². The minimum atomic E-state index is 0.112. The summed E-state index contributed by atoms with van der Waals surface area (Å²) in [6.07, 6.45) is 12.8. The number of amides is 1. The lowest BCUT2D eigenvalue weighted by Crippen LogP contribution is -2.52. The van der Waals surface area contributed by atoms with Crippen molar-refractivity contribution in [1.29, 1.82) is 0 Å². The number of aromatic nitrogens is 2. The van der Waals surface area contributed by atoms with Gasteiger partial charge in [0, 0.05) is 58.1 Å². The average molecular weight is 445 g/mol. The first-order valence-electron chi connectivity index (χ1n) is 12.6. The van der Waals surface area contributed by atoms with E-state index in [1.807, 2.05) is 17.2 Å². The van der Waals surface area contributed by atoms with Crippen molar-refractivity contribution in [2.45, 2.75) is 69.9 Å². The fourth-order valence-electron chi connectivity index (χ4n) is 5.39. The molecule has 3 aliphatic heterocycles. The Bertz CT molecular complexity index is 724. The number of anilines is 2. The van der Waals surface area contributed by atoms with Crippen molar-refractivity contribution in [1.82, 2.24) is 19.8 Å². The average Bonchev–Trinajstić information content (AvgIpc) is 3.23. The van der Waals surface area contributed by atoms with Gasteiger partial charge >= 0.3 is 0 Å². The van der Waals surface area contributed by atoms with Crippen molar-refractivity contribution in [3.05, 3.63) is 12.3 Å². The molecular weight excluding hydrogens is 404 g/mol. The quantitative estimate of drug-likeness (QED) is 0.723. The molecule has 3 saturated heterocycles.